The highest BCUT2D eigenvalue weighted by Crippen LogP contribution is 2.25. The summed E-state index contributed by atoms with van der Waals surface area (Å²) in [5.41, 5.74) is 0.424. The third-order valence-corrected chi connectivity index (χ3v) is 4.16. The van der Waals surface area contributed by atoms with Crippen molar-refractivity contribution in [3.8, 4) is 0 Å². The van der Waals surface area contributed by atoms with Crippen LogP contribution in [0.4, 0.5) is 5.69 Å². The van der Waals surface area contributed by atoms with Gasteiger partial charge in [-0.25, -0.2) is 0 Å². The molecule has 0 bridgehead atoms. The second-order valence-electron chi connectivity index (χ2n) is 4.16. The zero-order valence-corrected chi connectivity index (χ0v) is 14.0. The maximum atomic E-state index is 11.7. The zero-order chi connectivity index (χ0) is 14.5. The molecule has 1 aromatic rings. The Bertz CT molecular complexity index is 524. The number of thioether (sulfide) groups is 1. The highest BCUT2D eigenvalue weighted by atomic mass is 35.5. The van der Waals surface area contributed by atoms with Crippen molar-refractivity contribution in [2.24, 2.45) is 0 Å². The third-order valence-electron chi connectivity index (χ3n) is 2.66. The van der Waals surface area contributed by atoms with E-state index in [2.05, 4.69) is 16.0 Å². The lowest BCUT2D eigenvalue weighted by Gasteiger charge is -2.11. The van der Waals surface area contributed by atoms with Crippen LogP contribution in [-0.2, 0) is 9.59 Å². The van der Waals surface area contributed by atoms with Gasteiger partial charge in [-0.1, -0.05) is 23.2 Å². The quantitative estimate of drug-likeness (QED) is 0.759. The molecule has 1 aliphatic rings. The molecule has 1 aromatic carbocycles. The normalized spacial score (nSPS) is 17.0. The van der Waals surface area contributed by atoms with Crippen LogP contribution in [0.15, 0.2) is 18.2 Å². The molecule has 1 aliphatic heterocycles. The molecule has 1 saturated heterocycles. The van der Waals surface area contributed by atoms with Crippen LogP contribution in [0.2, 0.25) is 10.0 Å². The molecular weight excluding hydrogens is 357 g/mol. The molecule has 116 valence electrons. The standard InChI is InChI=1S/C12H13Cl2N3O2S.ClH/c13-7-1-2-8(14)9(3-7)17-11(18)4-15-12(19)10-5-20-6-16-10;/h1-3,10,16H,4-6H2,(H,15,19)(H,17,18);1H. The Morgan fingerprint density at radius 3 is 2.81 bits per heavy atom. The first-order valence-electron chi connectivity index (χ1n) is 5.90. The molecule has 21 heavy (non-hydrogen) atoms. The van der Waals surface area contributed by atoms with Gasteiger partial charge in [0.05, 0.1) is 23.3 Å². The Morgan fingerprint density at radius 1 is 1.38 bits per heavy atom. The maximum absolute atomic E-state index is 11.7. The van der Waals surface area contributed by atoms with E-state index in [1.807, 2.05) is 0 Å². The average molecular weight is 371 g/mol. The predicted molar refractivity (Wildman–Crippen MR) is 89.6 cm³/mol. The summed E-state index contributed by atoms with van der Waals surface area (Å²) in [5, 5.41) is 9.07. The summed E-state index contributed by atoms with van der Waals surface area (Å²) in [6.45, 7) is -0.107. The SMILES string of the molecule is Cl.O=C(CNC(=O)C1CSCN1)Nc1cc(Cl)ccc1Cl. The fraction of sp³-hybridized carbons (Fsp3) is 0.333. The molecule has 1 heterocycles. The minimum atomic E-state index is -0.354. The Hall–Kier alpha value is -0.660. The van der Waals surface area contributed by atoms with Gasteiger partial charge in [0.15, 0.2) is 0 Å². The Labute approximate surface area is 142 Å². The van der Waals surface area contributed by atoms with E-state index in [4.69, 9.17) is 23.2 Å². The first-order valence-corrected chi connectivity index (χ1v) is 7.81. The highest BCUT2D eigenvalue weighted by molar-refractivity contribution is 7.99. The van der Waals surface area contributed by atoms with E-state index in [0.29, 0.717) is 21.5 Å². The van der Waals surface area contributed by atoms with Gasteiger partial charge in [0, 0.05) is 16.7 Å². The van der Waals surface area contributed by atoms with E-state index in [-0.39, 0.29) is 36.8 Å². The van der Waals surface area contributed by atoms with E-state index in [0.717, 1.165) is 5.88 Å². The lowest BCUT2D eigenvalue weighted by molar-refractivity contribution is -0.125. The number of anilines is 1. The van der Waals surface area contributed by atoms with E-state index in [9.17, 15) is 9.59 Å². The van der Waals surface area contributed by atoms with Crippen molar-refractivity contribution in [1.82, 2.24) is 10.6 Å². The minimum absolute atomic E-state index is 0. The number of rotatable bonds is 4. The van der Waals surface area contributed by atoms with Crippen LogP contribution >= 0.6 is 47.4 Å². The molecule has 1 fully saturated rings. The molecule has 9 heteroatoms. The Morgan fingerprint density at radius 2 is 2.14 bits per heavy atom. The predicted octanol–water partition coefficient (Wildman–Crippen LogP) is 2.13. The molecule has 0 aliphatic carbocycles. The summed E-state index contributed by atoms with van der Waals surface area (Å²) < 4.78 is 0. The summed E-state index contributed by atoms with van der Waals surface area (Å²) in [4.78, 5) is 23.5. The first kappa shape index (κ1) is 18.4. The average Bonchev–Trinajstić information content (AvgIpc) is 2.94. The maximum Gasteiger partial charge on any atom is 0.243 e. The van der Waals surface area contributed by atoms with Crippen LogP contribution in [0.3, 0.4) is 0 Å². The van der Waals surface area contributed by atoms with Gasteiger partial charge in [0.2, 0.25) is 11.8 Å². The molecule has 0 radical (unpaired) electrons. The van der Waals surface area contributed by atoms with Gasteiger partial charge in [-0.05, 0) is 18.2 Å². The summed E-state index contributed by atoms with van der Waals surface area (Å²) in [5.74, 6) is 0.936. The van der Waals surface area contributed by atoms with Crippen LogP contribution in [0, 0.1) is 0 Å². The largest absolute Gasteiger partial charge is 0.346 e. The lowest BCUT2D eigenvalue weighted by Crippen LogP contribution is -2.44. The fourth-order valence-electron chi connectivity index (χ4n) is 1.64. The van der Waals surface area contributed by atoms with E-state index < -0.39 is 0 Å². The molecule has 1 atom stereocenters. The van der Waals surface area contributed by atoms with E-state index in [1.165, 1.54) is 0 Å². The van der Waals surface area contributed by atoms with Crippen molar-refractivity contribution < 1.29 is 9.59 Å². The van der Waals surface area contributed by atoms with Gasteiger partial charge in [-0.3, -0.25) is 14.9 Å². The molecule has 1 unspecified atom stereocenters. The summed E-state index contributed by atoms with van der Waals surface area (Å²) >= 11 is 13.4. The first-order chi connectivity index (χ1) is 9.56. The van der Waals surface area contributed by atoms with Gasteiger partial charge in [-0.15, -0.1) is 24.2 Å². The molecule has 0 spiro atoms. The minimum Gasteiger partial charge on any atom is -0.346 e. The van der Waals surface area contributed by atoms with Crippen molar-refractivity contribution in [1.29, 1.82) is 0 Å². The zero-order valence-electron chi connectivity index (χ0n) is 10.8. The van der Waals surface area contributed by atoms with Gasteiger partial charge in [0.25, 0.3) is 0 Å². The number of hydrogen-bond acceptors (Lipinski definition) is 4. The van der Waals surface area contributed by atoms with Gasteiger partial charge < -0.3 is 10.6 Å². The van der Waals surface area contributed by atoms with Gasteiger partial charge >= 0.3 is 0 Å². The number of benzene rings is 1. The number of halogens is 3. The smallest absolute Gasteiger partial charge is 0.243 e. The van der Waals surface area contributed by atoms with Crippen LogP contribution < -0.4 is 16.0 Å². The summed E-state index contributed by atoms with van der Waals surface area (Å²) in [6.07, 6.45) is 0. The number of carbonyl (C=O) groups is 2. The van der Waals surface area contributed by atoms with Crippen molar-refractivity contribution in [3.63, 3.8) is 0 Å². The third kappa shape index (κ3) is 5.56. The molecule has 5 nitrogen and oxygen atoms in total. The van der Waals surface area contributed by atoms with Crippen LogP contribution in [0.1, 0.15) is 0 Å². The number of hydrogen-bond donors (Lipinski definition) is 3. The number of carbonyl (C=O) groups excluding carboxylic acids is 2. The summed E-state index contributed by atoms with van der Waals surface area (Å²) in [7, 11) is 0. The second-order valence-corrected chi connectivity index (χ2v) is 6.04. The molecular formula is C12H14Cl3N3O2S. The van der Waals surface area contributed by atoms with Crippen molar-refractivity contribution in [2.45, 2.75) is 6.04 Å². The van der Waals surface area contributed by atoms with Gasteiger partial charge in [-0.2, -0.15) is 0 Å². The van der Waals surface area contributed by atoms with Crippen molar-refractivity contribution in [2.75, 3.05) is 23.5 Å². The van der Waals surface area contributed by atoms with Crippen molar-refractivity contribution >= 4 is 64.9 Å². The fourth-order valence-corrected chi connectivity index (χ4v) is 2.92. The molecule has 2 amide bonds. The van der Waals surface area contributed by atoms with Crippen molar-refractivity contribution in [3.05, 3.63) is 28.2 Å². The topological polar surface area (TPSA) is 70.2 Å². The molecule has 0 saturated carbocycles. The number of nitrogens with one attached hydrogen (secondary N) is 3. The van der Waals surface area contributed by atoms with Crippen LogP contribution in [0.5, 0.6) is 0 Å². The lowest BCUT2D eigenvalue weighted by atomic mass is 10.3. The second kappa shape index (κ2) is 8.70. The molecule has 3 N–H and O–H groups in total. The highest BCUT2D eigenvalue weighted by Gasteiger charge is 2.22. The Kier molecular flexibility index (Phi) is 7.62. The van der Waals surface area contributed by atoms with Gasteiger partial charge in [0.1, 0.15) is 0 Å². The van der Waals surface area contributed by atoms with Crippen LogP contribution in [0.25, 0.3) is 0 Å². The molecule has 2 rings (SSSR count). The Balaban J connectivity index is 0.00000220. The number of amides is 2. The van der Waals surface area contributed by atoms with E-state index in [1.54, 1.807) is 30.0 Å². The monoisotopic (exact) mass is 369 g/mol. The van der Waals surface area contributed by atoms with Crippen LogP contribution in [-0.4, -0.2) is 36.0 Å². The molecule has 0 aromatic heterocycles. The van der Waals surface area contributed by atoms with E-state index >= 15 is 0 Å². The summed E-state index contributed by atoms with van der Waals surface area (Å²) in [6, 6.07) is 4.55.